The molecule has 0 saturated carbocycles. The molecule has 2 aromatic carbocycles. The van der Waals surface area contributed by atoms with E-state index < -0.39 is 0 Å². The van der Waals surface area contributed by atoms with Gasteiger partial charge in [0.1, 0.15) is 18.1 Å². The number of carbonyl (C=O) groups excluding carboxylic acids is 1. The zero-order valence-electron chi connectivity index (χ0n) is 18.9. The fourth-order valence-corrected chi connectivity index (χ4v) is 3.73. The number of hydrogen-bond acceptors (Lipinski definition) is 7. The van der Waals surface area contributed by atoms with Gasteiger partial charge in [-0.3, -0.25) is 4.68 Å². The van der Waals surface area contributed by atoms with Crippen LogP contribution >= 0.6 is 0 Å². The lowest BCUT2D eigenvalue weighted by Crippen LogP contribution is -2.06. The van der Waals surface area contributed by atoms with Gasteiger partial charge in [-0.15, -0.1) is 0 Å². The van der Waals surface area contributed by atoms with E-state index in [0.717, 1.165) is 41.2 Å². The largest absolute Gasteiger partial charge is 0.490 e. The minimum atomic E-state index is -0.0327. The van der Waals surface area contributed by atoms with Gasteiger partial charge in [0, 0.05) is 29.5 Å². The zero-order valence-corrected chi connectivity index (χ0v) is 18.9. The number of aromatic nitrogens is 4. The number of nitriles is 1. The number of aryl methyl sites for hydroxylation is 2. The predicted octanol–water partition coefficient (Wildman–Crippen LogP) is 4.95. The van der Waals surface area contributed by atoms with Crippen molar-refractivity contribution in [3.05, 3.63) is 47.7 Å². The summed E-state index contributed by atoms with van der Waals surface area (Å²) in [7, 11) is 0. The molecular weight excluding hydrogens is 418 g/mol. The molecular formula is C25H25N5O3. The summed E-state index contributed by atoms with van der Waals surface area (Å²) in [6.07, 6.45) is 4.77. The van der Waals surface area contributed by atoms with Gasteiger partial charge in [-0.2, -0.15) is 15.3 Å². The first-order valence-electron chi connectivity index (χ1n) is 11.0. The van der Waals surface area contributed by atoms with Crippen LogP contribution in [0.3, 0.4) is 0 Å². The Morgan fingerprint density at radius 2 is 2.12 bits per heavy atom. The van der Waals surface area contributed by atoms with Gasteiger partial charge in [-0.05, 0) is 62.6 Å². The van der Waals surface area contributed by atoms with Crippen molar-refractivity contribution < 1.29 is 14.1 Å². The van der Waals surface area contributed by atoms with Gasteiger partial charge in [0.05, 0.1) is 23.4 Å². The first kappa shape index (κ1) is 22.2. The molecule has 4 rings (SSSR count). The Kier molecular flexibility index (Phi) is 6.50. The van der Waals surface area contributed by atoms with Crippen molar-refractivity contribution in [2.75, 3.05) is 0 Å². The van der Waals surface area contributed by atoms with Gasteiger partial charge in [-0.25, -0.2) is 0 Å². The van der Waals surface area contributed by atoms with Crippen LogP contribution < -0.4 is 4.74 Å². The number of carbonyl (C=O) groups is 1. The fourth-order valence-electron chi connectivity index (χ4n) is 3.73. The van der Waals surface area contributed by atoms with Crippen LogP contribution in [-0.4, -0.2) is 32.3 Å². The van der Waals surface area contributed by atoms with E-state index in [4.69, 9.17) is 9.26 Å². The van der Waals surface area contributed by atoms with E-state index in [1.807, 2.05) is 36.9 Å². The second kappa shape index (κ2) is 9.65. The molecule has 0 N–H and O–H groups in total. The summed E-state index contributed by atoms with van der Waals surface area (Å²) in [6.45, 7) is 6.59. The Morgan fingerprint density at radius 3 is 2.85 bits per heavy atom. The maximum Gasteiger partial charge on any atom is 0.258 e. The summed E-state index contributed by atoms with van der Waals surface area (Å²) in [5.41, 5.74) is 4.05. The lowest BCUT2D eigenvalue weighted by Gasteiger charge is -2.11. The number of benzene rings is 2. The van der Waals surface area contributed by atoms with Crippen LogP contribution in [0.4, 0.5) is 0 Å². The van der Waals surface area contributed by atoms with Crippen LogP contribution in [0, 0.1) is 11.3 Å². The van der Waals surface area contributed by atoms with E-state index in [1.165, 1.54) is 0 Å². The Labute approximate surface area is 191 Å². The molecule has 0 bridgehead atoms. The maximum atomic E-state index is 10.6. The third kappa shape index (κ3) is 4.62. The third-order valence-electron chi connectivity index (χ3n) is 5.32. The molecule has 0 radical (unpaired) electrons. The van der Waals surface area contributed by atoms with E-state index in [1.54, 1.807) is 12.1 Å². The van der Waals surface area contributed by atoms with Crippen molar-refractivity contribution >= 4 is 17.2 Å². The summed E-state index contributed by atoms with van der Waals surface area (Å²) in [5.74, 6) is 1.35. The number of nitrogens with zero attached hydrogens (tertiary/aromatic N) is 5. The lowest BCUT2D eigenvalue weighted by atomic mass is 10.0. The van der Waals surface area contributed by atoms with Crippen LogP contribution in [0.15, 0.2) is 41.1 Å². The van der Waals surface area contributed by atoms with E-state index in [-0.39, 0.29) is 6.10 Å². The molecule has 0 fully saturated rings. The third-order valence-corrected chi connectivity index (χ3v) is 5.32. The van der Waals surface area contributed by atoms with Crippen molar-refractivity contribution in [1.82, 2.24) is 19.9 Å². The highest BCUT2D eigenvalue weighted by Gasteiger charge is 2.17. The first-order valence-corrected chi connectivity index (χ1v) is 11.0. The molecule has 0 amide bonds. The Hall–Kier alpha value is -3.99. The molecule has 33 heavy (non-hydrogen) atoms. The average molecular weight is 444 g/mol. The van der Waals surface area contributed by atoms with Crippen molar-refractivity contribution in [3.8, 4) is 34.7 Å². The topological polar surface area (TPSA) is 107 Å². The smallest absolute Gasteiger partial charge is 0.258 e. The van der Waals surface area contributed by atoms with Gasteiger partial charge in [0.25, 0.3) is 5.89 Å². The Balaban J connectivity index is 1.67. The first-order chi connectivity index (χ1) is 16.0. The van der Waals surface area contributed by atoms with Crippen molar-refractivity contribution in [2.45, 2.75) is 52.7 Å². The van der Waals surface area contributed by atoms with Crippen LogP contribution in [0.2, 0.25) is 0 Å². The molecule has 0 unspecified atom stereocenters. The molecule has 0 aliphatic rings. The van der Waals surface area contributed by atoms with E-state index in [0.29, 0.717) is 41.6 Å². The van der Waals surface area contributed by atoms with Crippen molar-refractivity contribution in [3.63, 3.8) is 0 Å². The van der Waals surface area contributed by atoms with Crippen LogP contribution in [-0.2, 0) is 17.8 Å². The highest BCUT2D eigenvalue weighted by molar-refractivity contribution is 5.85. The maximum absolute atomic E-state index is 10.6. The Morgan fingerprint density at radius 1 is 1.27 bits per heavy atom. The number of unbranched alkanes of at least 4 members (excludes halogenated alkanes) is 1. The van der Waals surface area contributed by atoms with Gasteiger partial charge in [0.2, 0.25) is 5.82 Å². The minimum Gasteiger partial charge on any atom is -0.490 e. The zero-order chi connectivity index (χ0) is 23.4. The molecule has 0 saturated heterocycles. The van der Waals surface area contributed by atoms with E-state index >= 15 is 0 Å². The summed E-state index contributed by atoms with van der Waals surface area (Å²) >= 11 is 0. The van der Waals surface area contributed by atoms with Crippen LogP contribution in [0.1, 0.15) is 44.7 Å². The van der Waals surface area contributed by atoms with Crippen LogP contribution in [0.5, 0.6) is 5.75 Å². The minimum absolute atomic E-state index is 0.0327. The van der Waals surface area contributed by atoms with Crippen molar-refractivity contribution in [2.24, 2.45) is 0 Å². The van der Waals surface area contributed by atoms with Crippen molar-refractivity contribution in [1.29, 1.82) is 5.26 Å². The number of aldehydes is 1. The van der Waals surface area contributed by atoms with E-state index in [2.05, 4.69) is 34.3 Å². The fraction of sp³-hybridized carbons (Fsp3) is 0.320. The highest BCUT2D eigenvalue weighted by atomic mass is 16.5. The molecule has 8 heteroatoms. The normalized spacial score (nSPS) is 11.1. The highest BCUT2D eigenvalue weighted by Crippen LogP contribution is 2.31. The number of ether oxygens (including phenoxy) is 1. The standard InChI is InChI=1S/C25H25N5O3/c1-4-17-13-22-20(15-27-30(22)9-5-6-10-31)12-21(17)24-28-25(33-29-24)18-7-8-23(32-16(2)3)19(11-18)14-26/h7-8,10-13,15-16H,4-6,9H2,1-3H3. The summed E-state index contributed by atoms with van der Waals surface area (Å²) in [6, 6.07) is 11.5. The molecule has 0 atom stereocenters. The monoisotopic (exact) mass is 443 g/mol. The molecule has 168 valence electrons. The van der Waals surface area contributed by atoms with Gasteiger partial charge in [-0.1, -0.05) is 12.1 Å². The molecule has 0 spiro atoms. The second-order valence-corrected chi connectivity index (χ2v) is 8.01. The quantitative estimate of drug-likeness (QED) is 0.266. The lowest BCUT2D eigenvalue weighted by molar-refractivity contribution is -0.107. The second-order valence-electron chi connectivity index (χ2n) is 8.01. The molecule has 0 aliphatic carbocycles. The Bertz CT molecular complexity index is 1330. The molecule has 0 aliphatic heterocycles. The molecule has 8 nitrogen and oxygen atoms in total. The van der Waals surface area contributed by atoms with Gasteiger partial charge >= 0.3 is 0 Å². The molecule has 2 heterocycles. The number of fused-ring (bicyclic) bond motifs is 1. The van der Waals surface area contributed by atoms with E-state index in [9.17, 15) is 10.1 Å². The van der Waals surface area contributed by atoms with Crippen LogP contribution in [0.25, 0.3) is 33.7 Å². The summed E-state index contributed by atoms with van der Waals surface area (Å²) in [5, 5.41) is 19.2. The number of hydrogen-bond donors (Lipinski definition) is 0. The SMILES string of the molecule is CCc1cc2c(cnn2CCCC=O)cc1-c1noc(-c2ccc(OC(C)C)c(C#N)c2)n1. The molecule has 2 aromatic heterocycles. The van der Waals surface area contributed by atoms with Gasteiger partial charge < -0.3 is 14.1 Å². The molecule has 4 aromatic rings. The number of rotatable bonds is 9. The summed E-state index contributed by atoms with van der Waals surface area (Å²) in [4.78, 5) is 15.2. The average Bonchev–Trinajstić information content (AvgIpc) is 3.45. The van der Waals surface area contributed by atoms with Gasteiger partial charge in [0.15, 0.2) is 0 Å². The summed E-state index contributed by atoms with van der Waals surface area (Å²) < 4.78 is 13.2. The predicted molar refractivity (Wildman–Crippen MR) is 124 cm³/mol.